The average Bonchev–Trinajstić information content (AvgIpc) is 3.22. The zero-order valence-electron chi connectivity index (χ0n) is 14.2. The summed E-state index contributed by atoms with van der Waals surface area (Å²) < 4.78 is 19.5. The molecule has 4 rings (SSSR count). The Labute approximate surface area is 141 Å². The molecule has 2 fully saturated rings. The highest BCUT2D eigenvalue weighted by Gasteiger charge is 2.41. The molecule has 2 aromatic rings. The monoisotopic (exact) mass is 330 g/mol. The molecule has 24 heavy (non-hydrogen) atoms. The van der Waals surface area contributed by atoms with Gasteiger partial charge in [-0.15, -0.1) is 0 Å². The second kappa shape index (κ2) is 6.16. The maximum atomic E-state index is 13.9. The first-order valence-electron chi connectivity index (χ1n) is 8.62. The minimum Gasteiger partial charge on any atom is -0.448 e. The molecule has 2 aliphatic heterocycles. The van der Waals surface area contributed by atoms with Crippen LogP contribution in [0.2, 0.25) is 0 Å². The summed E-state index contributed by atoms with van der Waals surface area (Å²) in [5.74, 6) is 2.76. The van der Waals surface area contributed by atoms with Crippen molar-refractivity contribution in [1.82, 2.24) is 14.9 Å². The SMILES string of the molecule is CC(C)c1ocnc1CN1CC2CN(c3ncccc3F)CC2C1. The highest BCUT2D eigenvalue weighted by atomic mass is 19.1. The fraction of sp³-hybridized carbons (Fsp3) is 0.556. The molecule has 0 aromatic carbocycles. The predicted octanol–water partition coefficient (Wildman–Crippen LogP) is 2.90. The number of fused-ring (bicyclic) bond motifs is 1. The lowest BCUT2D eigenvalue weighted by molar-refractivity contribution is 0.302. The second-order valence-corrected chi connectivity index (χ2v) is 7.25. The third kappa shape index (κ3) is 2.79. The van der Waals surface area contributed by atoms with Crippen LogP contribution in [0, 0.1) is 17.7 Å². The van der Waals surface area contributed by atoms with Crippen LogP contribution >= 0.6 is 0 Å². The number of hydrogen-bond donors (Lipinski definition) is 0. The maximum Gasteiger partial charge on any atom is 0.181 e. The third-order valence-electron chi connectivity index (χ3n) is 5.17. The fourth-order valence-corrected chi connectivity index (χ4v) is 4.08. The summed E-state index contributed by atoms with van der Waals surface area (Å²) in [6.45, 7) is 8.91. The average molecular weight is 330 g/mol. The smallest absolute Gasteiger partial charge is 0.181 e. The van der Waals surface area contributed by atoms with Crippen LogP contribution < -0.4 is 4.90 Å². The van der Waals surface area contributed by atoms with Crippen molar-refractivity contribution in [1.29, 1.82) is 0 Å². The van der Waals surface area contributed by atoms with Crippen LogP contribution in [0.15, 0.2) is 29.1 Å². The number of oxazole rings is 1. The van der Waals surface area contributed by atoms with Crippen molar-refractivity contribution in [3.05, 3.63) is 42.0 Å². The van der Waals surface area contributed by atoms with Gasteiger partial charge < -0.3 is 9.32 Å². The summed E-state index contributed by atoms with van der Waals surface area (Å²) in [5, 5.41) is 0. The molecule has 6 heteroatoms. The van der Waals surface area contributed by atoms with E-state index >= 15 is 0 Å². The van der Waals surface area contributed by atoms with E-state index < -0.39 is 0 Å². The van der Waals surface area contributed by atoms with Crippen molar-refractivity contribution in [3.63, 3.8) is 0 Å². The lowest BCUT2D eigenvalue weighted by Crippen LogP contribution is -2.29. The third-order valence-corrected chi connectivity index (χ3v) is 5.17. The Balaban J connectivity index is 1.40. The van der Waals surface area contributed by atoms with Gasteiger partial charge in [0.05, 0.1) is 5.69 Å². The van der Waals surface area contributed by atoms with Crippen molar-refractivity contribution in [3.8, 4) is 0 Å². The number of hydrogen-bond acceptors (Lipinski definition) is 5. The Bertz CT molecular complexity index is 703. The summed E-state index contributed by atoms with van der Waals surface area (Å²) in [4.78, 5) is 13.1. The Morgan fingerprint density at radius 3 is 2.62 bits per heavy atom. The Hall–Kier alpha value is -1.95. The van der Waals surface area contributed by atoms with E-state index in [0.717, 1.165) is 44.2 Å². The normalized spacial score (nSPS) is 24.1. The molecule has 2 aromatic heterocycles. The molecule has 128 valence electrons. The van der Waals surface area contributed by atoms with Crippen molar-refractivity contribution in [2.45, 2.75) is 26.3 Å². The van der Waals surface area contributed by atoms with E-state index in [9.17, 15) is 4.39 Å². The van der Waals surface area contributed by atoms with Crippen LogP contribution in [-0.4, -0.2) is 41.0 Å². The van der Waals surface area contributed by atoms with Gasteiger partial charge in [0.25, 0.3) is 0 Å². The largest absolute Gasteiger partial charge is 0.448 e. The number of aromatic nitrogens is 2. The summed E-state index contributed by atoms with van der Waals surface area (Å²) in [6, 6.07) is 3.13. The fourth-order valence-electron chi connectivity index (χ4n) is 4.08. The van der Waals surface area contributed by atoms with Crippen LogP contribution in [0.25, 0.3) is 0 Å². The first-order chi connectivity index (χ1) is 11.6. The van der Waals surface area contributed by atoms with Crippen LogP contribution in [0.3, 0.4) is 0 Å². The number of nitrogens with zero attached hydrogens (tertiary/aromatic N) is 4. The van der Waals surface area contributed by atoms with Crippen molar-refractivity contribution in [2.75, 3.05) is 31.1 Å². The maximum absolute atomic E-state index is 13.9. The summed E-state index contributed by atoms with van der Waals surface area (Å²) >= 11 is 0. The van der Waals surface area contributed by atoms with Crippen LogP contribution in [0.5, 0.6) is 0 Å². The summed E-state index contributed by atoms with van der Waals surface area (Å²) in [7, 11) is 0. The Kier molecular flexibility index (Phi) is 4.00. The van der Waals surface area contributed by atoms with Crippen LogP contribution in [0.4, 0.5) is 10.2 Å². The molecule has 2 unspecified atom stereocenters. The molecule has 0 aliphatic carbocycles. The molecule has 0 saturated carbocycles. The molecular formula is C18H23FN4O. The minimum atomic E-state index is -0.224. The van der Waals surface area contributed by atoms with Crippen molar-refractivity contribution in [2.24, 2.45) is 11.8 Å². The molecule has 0 spiro atoms. The van der Waals surface area contributed by atoms with E-state index in [-0.39, 0.29) is 5.82 Å². The number of halogens is 1. The number of rotatable bonds is 4. The molecule has 5 nitrogen and oxygen atoms in total. The molecular weight excluding hydrogens is 307 g/mol. The second-order valence-electron chi connectivity index (χ2n) is 7.25. The molecule has 0 bridgehead atoms. The van der Waals surface area contributed by atoms with Gasteiger partial charge in [0.1, 0.15) is 5.76 Å². The molecule has 2 aliphatic rings. The van der Waals surface area contributed by atoms with Crippen LogP contribution in [0.1, 0.15) is 31.2 Å². The van der Waals surface area contributed by atoms with E-state index in [0.29, 0.717) is 23.6 Å². The van der Waals surface area contributed by atoms with E-state index in [4.69, 9.17) is 4.42 Å². The van der Waals surface area contributed by atoms with Gasteiger partial charge in [-0.3, -0.25) is 4.90 Å². The van der Waals surface area contributed by atoms with Gasteiger partial charge in [-0.2, -0.15) is 0 Å². The molecule has 0 amide bonds. The summed E-state index contributed by atoms with van der Waals surface area (Å²) in [5.41, 5.74) is 1.05. The number of pyridine rings is 1. The molecule has 4 heterocycles. The number of likely N-dealkylation sites (tertiary alicyclic amines) is 1. The molecule has 0 N–H and O–H groups in total. The van der Waals surface area contributed by atoms with Gasteiger partial charge in [-0.1, -0.05) is 13.8 Å². The molecule has 2 atom stereocenters. The molecule has 2 saturated heterocycles. The van der Waals surface area contributed by atoms with Crippen molar-refractivity contribution < 1.29 is 8.81 Å². The first-order valence-corrected chi connectivity index (χ1v) is 8.62. The lowest BCUT2D eigenvalue weighted by Gasteiger charge is -2.22. The van der Waals surface area contributed by atoms with Gasteiger partial charge in [-0.25, -0.2) is 14.4 Å². The quantitative estimate of drug-likeness (QED) is 0.862. The van der Waals surface area contributed by atoms with E-state index in [1.165, 1.54) is 6.07 Å². The Morgan fingerprint density at radius 1 is 1.21 bits per heavy atom. The topological polar surface area (TPSA) is 45.4 Å². The van der Waals surface area contributed by atoms with E-state index in [1.807, 2.05) is 0 Å². The zero-order valence-corrected chi connectivity index (χ0v) is 14.2. The van der Waals surface area contributed by atoms with Crippen LogP contribution in [-0.2, 0) is 6.54 Å². The Morgan fingerprint density at radius 2 is 1.96 bits per heavy atom. The van der Waals surface area contributed by atoms with Gasteiger partial charge in [0.15, 0.2) is 18.0 Å². The standard InChI is InChI=1S/C18H23FN4O/c1-12(2)17-16(21-11-24-17)10-22-6-13-8-23(9-14(13)7-22)18-15(19)4-3-5-20-18/h3-5,11-14H,6-10H2,1-2H3. The highest BCUT2D eigenvalue weighted by Crippen LogP contribution is 2.35. The first kappa shape index (κ1) is 15.6. The predicted molar refractivity (Wildman–Crippen MR) is 89.3 cm³/mol. The van der Waals surface area contributed by atoms with Gasteiger partial charge in [0, 0.05) is 44.8 Å². The lowest BCUT2D eigenvalue weighted by atomic mass is 10.0. The van der Waals surface area contributed by atoms with Gasteiger partial charge >= 0.3 is 0 Å². The zero-order chi connectivity index (χ0) is 16.7. The van der Waals surface area contributed by atoms with E-state index in [2.05, 4.69) is 33.6 Å². The summed E-state index contributed by atoms with van der Waals surface area (Å²) in [6.07, 6.45) is 3.21. The minimum absolute atomic E-state index is 0.224. The molecule has 0 radical (unpaired) electrons. The van der Waals surface area contributed by atoms with E-state index in [1.54, 1.807) is 18.7 Å². The van der Waals surface area contributed by atoms with Gasteiger partial charge in [-0.05, 0) is 24.0 Å². The highest BCUT2D eigenvalue weighted by molar-refractivity contribution is 5.41. The number of anilines is 1. The van der Waals surface area contributed by atoms with Gasteiger partial charge in [0.2, 0.25) is 0 Å². The van der Waals surface area contributed by atoms with Crippen molar-refractivity contribution >= 4 is 5.82 Å².